The van der Waals surface area contributed by atoms with Gasteiger partial charge in [-0.05, 0) is 45.6 Å². The lowest BCUT2D eigenvalue weighted by Crippen LogP contribution is -2.51. The predicted octanol–water partition coefficient (Wildman–Crippen LogP) is 1.24. The van der Waals surface area contributed by atoms with Crippen LogP contribution in [0.4, 0.5) is 0 Å². The van der Waals surface area contributed by atoms with Crippen LogP contribution in [0.2, 0.25) is 0 Å². The molecule has 22 heavy (non-hydrogen) atoms. The molecular formula is C15H29N3O2S2. The Labute approximate surface area is 140 Å². The van der Waals surface area contributed by atoms with Crippen LogP contribution in [0.15, 0.2) is 0 Å². The summed E-state index contributed by atoms with van der Waals surface area (Å²) in [7, 11) is 1.17. The van der Waals surface area contributed by atoms with E-state index in [0.717, 1.165) is 18.2 Å². The monoisotopic (exact) mass is 347 g/mol. The first kappa shape index (κ1) is 17.9. The zero-order chi connectivity index (χ0) is 16.2. The van der Waals surface area contributed by atoms with Crippen LogP contribution in [0.1, 0.15) is 38.5 Å². The van der Waals surface area contributed by atoms with Crippen LogP contribution in [0.3, 0.4) is 0 Å². The number of rotatable bonds is 5. The predicted molar refractivity (Wildman–Crippen MR) is 94.9 cm³/mol. The van der Waals surface area contributed by atoms with Gasteiger partial charge in [-0.15, -0.1) is 0 Å². The minimum atomic E-state index is -2.89. The third-order valence-electron chi connectivity index (χ3n) is 4.63. The molecular weight excluding hydrogens is 318 g/mol. The molecule has 7 heteroatoms. The summed E-state index contributed by atoms with van der Waals surface area (Å²) < 4.78 is 23.6. The van der Waals surface area contributed by atoms with E-state index in [-0.39, 0.29) is 11.8 Å². The molecule has 0 spiro atoms. The second-order valence-corrected chi connectivity index (χ2v) is 9.45. The molecule has 0 radical (unpaired) electrons. The standard InChI is InChI=1S/C15H29N3O2S2/c1-17(2)9-10-18(14-8-11-22(19,20)12-14)15(21)16-13-6-4-3-5-7-13/h13-14H,3-12H2,1-2H3,(H,16,21). The van der Waals surface area contributed by atoms with E-state index in [4.69, 9.17) is 12.2 Å². The quantitative estimate of drug-likeness (QED) is 0.756. The number of sulfone groups is 1. The summed E-state index contributed by atoms with van der Waals surface area (Å²) in [5.74, 6) is 0.537. The molecule has 128 valence electrons. The Morgan fingerprint density at radius 2 is 1.82 bits per heavy atom. The molecule has 1 saturated carbocycles. The SMILES string of the molecule is CN(C)CCN(C(=S)NC1CCCCC1)C1CCS(=O)(=O)C1. The van der Waals surface area contributed by atoms with Crippen molar-refractivity contribution in [2.45, 2.75) is 50.6 Å². The fourth-order valence-electron chi connectivity index (χ4n) is 3.28. The molecule has 1 atom stereocenters. The molecule has 0 bridgehead atoms. The van der Waals surface area contributed by atoms with Gasteiger partial charge in [0.05, 0.1) is 11.5 Å². The summed E-state index contributed by atoms with van der Waals surface area (Å²) in [4.78, 5) is 4.23. The van der Waals surface area contributed by atoms with Gasteiger partial charge >= 0.3 is 0 Å². The molecule has 1 N–H and O–H groups in total. The molecule has 2 rings (SSSR count). The highest BCUT2D eigenvalue weighted by Gasteiger charge is 2.33. The van der Waals surface area contributed by atoms with Crippen LogP contribution in [-0.4, -0.2) is 74.1 Å². The molecule has 0 aromatic heterocycles. The van der Waals surface area contributed by atoms with Crippen LogP contribution < -0.4 is 5.32 Å². The van der Waals surface area contributed by atoms with Crippen LogP contribution in [0.25, 0.3) is 0 Å². The van der Waals surface area contributed by atoms with Crippen molar-refractivity contribution < 1.29 is 8.42 Å². The topological polar surface area (TPSA) is 52.6 Å². The van der Waals surface area contributed by atoms with Crippen molar-refractivity contribution in [3.63, 3.8) is 0 Å². The molecule has 5 nitrogen and oxygen atoms in total. The van der Waals surface area contributed by atoms with Crippen LogP contribution in [-0.2, 0) is 9.84 Å². The van der Waals surface area contributed by atoms with E-state index >= 15 is 0 Å². The number of hydrogen-bond donors (Lipinski definition) is 1. The Bertz CT molecular complexity index is 473. The molecule has 1 aliphatic heterocycles. The van der Waals surface area contributed by atoms with Crippen molar-refractivity contribution in [2.24, 2.45) is 0 Å². The smallest absolute Gasteiger partial charge is 0.169 e. The van der Waals surface area contributed by atoms with Crippen molar-refractivity contribution >= 4 is 27.2 Å². The van der Waals surface area contributed by atoms with E-state index in [0.29, 0.717) is 18.2 Å². The molecule has 2 aliphatic rings. The summed E-state index contributed by atoms with van der Waals surface area (Å²) in [6, 6.07) is 0.495. The largest absolute Gasteiger partial charge is 0.360 e. The lowest BCUT2D eigenvalue weighted by molar-refractivity contribution is 0.277. The average molecular weight is 348 g/mol. The Kier molecular flexibility index (Phi) is 6.46. The number of nitrogens with one attached hydrogen (secondary N) is 1. The minimum absolute atomic E-state index is 0.0357. The minimum Gasteiger partial charge on any atom is -0.360 e. The maximum Gasteiger partial charge on any atom is 0.169 e. The van der Waals surface area contributed by atoms with Gasteiger partial charge in [-0.3, -0.25) is 0 Å². The highest BCUT2D eigenvalue weighted by atomic mass is 32.2. The molecule has 1 aliphatic carbocycles. The third-order valence-corrected chi connectivity index (χ3v) is 6.73. The van der Waals surface area contributed by atoms with E-state index < -0.39 is 9.84 Å². The van der Waals surface area contributed by atoms with Crippen molar-refractivity contribution in [3.05, 3.63) is 0 Å². The lowest BCUT2D eigenvalue weighted by atomic mass is 9.96. The fourth-order valence-corrected chi connectivity index (χ4v) is 5.42. The van der Waals surface area contributed by atoms with Gasteiger partial charge in [0.1, 0.15) is 0 Å². The lowest BCUT2D eigenvalue weighted by Gasteiger charge is -2.35. The normalized spacial score (nSPS) is 25.3. The highest BCUT2D eigenvalue weighted by Crippen LogP contribution is 2.20. The molecule has 1 heterocycles. The van der Waals surface area contributed by atoms with E-state index in [9.17, 15) is 8.42 Å². The number of thiocarbonyl (C=S) groups is 1. The first-order valence-electron chi connectivity index (χ1n) is 8.30. The summed E-state index contributed by atoms with van der Waals surface area (Å²) in [5, 5.41) is 4.24. The Morgan fingerprint density at radius 1 is 1.14 bits per heavy atom. The van der Waals surface area contributed by atoms with E-state index in [2.05, 4.69) is 15.1 Å². The Hall–Kier alpha value is -0.400. The van der Waals surface area contributed by atoms with Gasteiger partial charge in [-0.1, -0.05) is 19.3 Å². The Morgan fingerprint density at radius 3 is 2.36 bits per heavy atom. The van der Waals surface area contributed by atoms with Gasteiger partial charge in [-0.25, -0.2) is 8.42 Å². The van der Waals surface area contributed by atoms with Crippen LogP contribution in [0.5, 0.6) is 0 Å². The van der Waals surface area contributed by atoms with Crippen molar-refractivity contribution in [3.8, 4) is 0 Å². The number of hydrogen-bond acceptors (Lipinski definition) is 4. The summed E-state index contributed by atoms with van der Waals surface area (Å²) in [5.41, 5.74) is 0. The maximum atomic E-state index is 11.8. The summed E-state index contributed by atoms with van der Waals surface area (Å²) in [6.45, 7) is 1.66. The van der Waals surface area contributed by atoms with Crippen molar-refractivity contribution in [1.29, 1.82) is 0 Å². The van der Waals surface area contributed by atoms with Crippen LogP contribution in [0, 0.1) is 0 Å². The molecule has 1 unspecified atom stereocenters. The van der Waals surface area contributed by atoms with Crippen molar-refractivity contribution in [2.75, 3.05) is 38.7 Å². The van der Waals surface area contributed by atoms with Gasteiger partial charge in [0, 0.05) is 25.2 Å². The molecule has 0 aromatic rings. The first-order chi connectivity index (χ1) is 10.4. The van der Waals surface area contributed by atoms with E-state index in [1.807, 2.05) is 14.1 Å². The first-order valence-corrected chi connectivity index (χ1v) is 10.5. The second kappa shape index (κ2) is 7.93. The number of likely N-dealkylation sites (N-methyl/N-ethyl adjacent to an activating group) is 1. The Balaban J connectivity index is 1.97. The summed E-state index contributed by atoms with van der Waals surface area (Å²) >= 11 is 5.62. The zero-order valence-corrected chi connectivity index (χ0v) is 15.4. The summed E-state index contributed by atoms with van der Waals surface area (Å²) in [6.07, 6.45) is 6.87. The third kappa shape index (κ3) is 5.35. The van der Waals surface area contributed by atoms with Gasteiger partial charge in [0.25, 0.3) is 0 Å². The maximum absolute atomic E-state index is 11.8. The molecule has 1 saturated heterocycles. The van der Waals surface area contributed by atoms with Gasteiger partial charge < -0.3 is 15.1 Å². The molecule has 0 aromatic carbocycles. The highest BCUT2D eigenvalue weighted by molar-refractivity contribution is 7.91. The zero-order valence-electron chi connectivity index (χ0n) is 13.8. The van der Waals surface area contributed by atoms with Gasteiger partial charge in [0.2, 0.25) is 0 Å². The fraction of sp³-hybridized carbons (Fsp3) is 0.933. The second-order valence-electron chi connectivity index (χ2n) is 6.84. The average Bonchev–Trinajstić information content (AvgIpc) is 2.80. The van der Waals surface area contributed by atoms with E-state index in [1.165, 1.54) is 32.1 Å². The van der Waals surface area contributed by atoms with Crippen LogP contribution >= 0.6 is 12.2 Å². The van der Waals surface area contributed by atoms with E-state index in [1.54, 1.807) is 0 Å². The molecule has 0 amide bonds. The number of nitrogens with zero attached hydrogens (tertiary/aromatic N) is 2. The van der Waals surface area contributed by atoms with Gasteiger partial charge in [0.15, 0.2) is 14.9 Å². The van der Waals surface area contributed by atoms with Crippen molar-refractivity contribution in [1.82, 2.24) is 15.1 Å². The van der Waals surface area contributed by atoms with Gasteiger partial charge in [-0.2, -0.15) is 0 Å². The molecule has 2 fully saturated rings.